The van der Waals surface area contributed by atoms with Crippen LogP contribution in [0.5, 0.6) is 0 Å². The minimum absolute atomic E-state index is 0. The fraction of sp³-hybridized carbons (Fsp3) is 0.375. The highest BCUT2D eigenvalue weighted by Crippen LogP contribution is 2.13. The van der Waals surface area contributed by atoms with Crippen LogP contribution < -0.4 is 10.6 Å². The van der Waals surface area contributed by atoms with Crippen molar-refractivity contribution in [2.75, 3.05) is 13.1 Å². The van der Waals surface area contributed by atoms with Gasteiger partial charge in [0.2, 0.25) is 0 Å². The van der Waals surface area contributed by atoms with Crippen molar-refractivity contribution < 1.29 is 4.79 Å². The largest absolute Gasteiger partial charge is 0.348 e. The molecule has 22 heavy (non-hydrogen) atoms. The number of carbonyl (C=O) groups excluding carboxylic acids is 1. The van der Waals surface area contributed by atoms with Gasteiger partial charge in [0.25, 0.3) is 5.91 Å². The van der Waals surface area contributed by atoms with Gasteiger partial charge in [0, 0.05) is 18.8 Å². The van der Waals surface area contributed by atoms with Gasteiger partial charge in [0.05, 0.1) is 17.4 Å². The molecule has 1 fully saturated rings. The Kier molecular flexibility index (Phi) is 5.57. The summed E-state index contributed by atoms with van der Waals surface area (Å²) in [5.41, 5.74) is 1.54. The number of hydrogen-bond donors (Lipinski definition) is 2. The van der Waals surface area contributed by atoms with Gasteiger partial charge < -0.3 is 10.6 Å². The fourth-order valence-corrected chi connectivity index (χ4v) is 2.60. The quantitative estimate of drug-likeness (QED) is 0.909. The van der Waals surface area contributed by atoms with Gasteiger partial charge in [-0.3, -0.25) is 4.79 Å². The first-order chi connectivity index (χ1) is 10.2. The SMILES string of the molecule is CC1CCNCC1NC(=O)c1cnn(-c2ccccc2)c1.Cl. The van der Waals surface area contributed by atoms with E-state index in [9.17, 15) is 4.79 Å². The molecule has 1 aliphatic rings. The van der Waals surface area contributed by atoms with E-state index in [1.807, 2.05) is 30.3 Å². The standard InChI is InChI=1S/C16H20N4O.ClH/c1-12-7-8-17-10-15(12)19-16(21)13-9-18-20(11-13)14-5-3-2-4-6-14;/h2-6,9,11-12,15,17H,7-8,10H2,1H3,(H,19,21);1H. The molecule has 1 aromatic heterocycles. The number of nitrogens with one attached hydrogen (secondary N) is 2. The van der Waals surface area contributed by atoms with Gasteiger partial charge in [-0.25, -0.2) is 4.68 Å². The second-order valence-corrected chi connectivity index (χ2v) is 5.56. The van der Waals surface area contributed by atoms with E-state index in [-0.39, 0.29) is 24.4 Å². The molecule has 0 radical (unpaired) electrons. The highest BCUT2D eigenvalue weighted by Gasteiger charge is 2.23. The second kappa shape index (κ2) is 7.42. The molecule has 0 bridgehead atoms. The Hall–Kier alpha value is -1.85. The summed E-state index contributed by atoms with van der Waals surface area (Å²) in [5.74, 6) is 0.442. The first kappa shape index (κ1) is 16.5. The summed E-state index contributed by atoms with van der Waals surface area (Å²) >= 11 is 0. The minimum atomic E-state index is -0.0577. The van der Waals surface area contributed by atoms with Crippen molar-refractivity contribution in [1.29, 1.82) is 0 Å². The summed E-state index contributed by atoms with van der Waals surface area (Å²) in [6, 6.07) is 9.96. The van der Waals surface area contributed by atoms with E-state index in [1.54, 1.807) is 17.1 Å². The molecule has 1 amide bonds. The molecule has 2 atom stereocenters. The van der Waals surface area contributed by atoms with Crippen LogP contribution in [0, 0.1) is 5.92 Å². The molecule has 2 aromatic rings. The zero-order valence-electron chi connectivity index (χ0n) is 12.5. The maximum Gasteiger partial charge on any atom is 0.254 e. The molecule has 1 saturated heterocycles. The Morgan fingerprint density at radius 3 is 2.86 bits per heavy atom. The number of carbonyl (C=O) groups is 1. The third-order valence-corrected chi connectivity index (χ3v) is 4.01. The Labute approximate surface area is 136 Å². The summed E-state index contributed by atoms with van der Waals surface area (Å²) in [6.07, 6.45) is 4.48. The van der Waals surface area contributed by atoms with E-state index in [2.05, 4.69) is 22.7 Å². The van der Waals surface area contributed by atoms with Crippen molar-refractivity contribution in [3.8, 4) is 5.69 Å². The smallest absolute Gasteiger partial charge is 0.254 e. The number of benzene rings is 1. The molecule has 118 valence electrons. The molecular formula is C16H21ClN4O. The number of aromatic nitrogens is 2. The Morgan fingerprint density at radius 2 is 2.14 bits per heavy atom. The molecule has 0 spiro atoms. The molecule has 2 heterocycles. The molecule has 1 aliphatic heterocycles. The topological polar surface area (TPSA) is 58.9 Å². The summed E-state index contributed by atoms with van der Waals surface area (Å²) in [7, 11) is 0. The Morgan fingerprint density at radius 1 is 1.36 bits per heavy atom. The number of amides is 1. The summed E-state index contributed by atoms with van der Waals surface area (Å²) in [6.45, 7) is 4.04. The molecular weight excluding hydrogens is 300 g/mol. The molecule has 2 unspecified atom stereocenters. The lowest BCUT2D eigenvalue weighted by Gasteiger charge is -2.30. The maximum absolute atomic E-state index is 12.3. The van der Waals surface area contributed by atoms with E-state index >= 15 is 0 Å². The van der Waals surface area contributed by atoms with E-state index in [0.29, 0.717) is 11.5 Å². The van der Waals surface area contributed by atoms with E-state index in [0.717, 1.165) is 25.2 Å². The number of piperidine rings is 1. The van der Waals surface area contributed by atoms with Crippen molar-refractivity contribution in [2.24, 2.45) is 5.92 Å². The normalized spacial score (nSPS) is 21.0. The van der Waals surface area contributed by atoms with Crippen molar-refractivity contribution >= 4 is 18.3 Å². The van der Waals surface area contributed by atoms with Gasteiger partial charge in [-0.1, -0.05) is 25.1 Å². The second-order valence-electron chi connectivity index (χ2n) is 5.56. The van der Waals surface area contributed by atoms with Crippen molar-refractivity contribution in [2.45, 2.75) is 19.4 Å². The zero-order chi connectivity index (χ0) is 14.7. The number of rotatable bonds is 3. The molecule has 3 rings (SSSR count). The van der Waals surface area contributed by atoms with E-state index < -0.39 is 0 Å². The lowest BCUT2D eigenvalue weighted by molar-refractivity contribution is 0.0915. The molecule has 0 saturated carbocycles. The van der Waals surface area contributed by atoms with Crippen molar-refractivity contribution in [1.82, 2.24) is 20.4 Å². The van der Waals surface area contributed by atoms with Gasteiger partial charge in [-0.15, -0.1) is 12.4 Å². The zero-order valence-corrected chi connectivity index (χ0v) is 13.3. The molecule has 1 aromatic carbocycles. The lowest BCUT2D eigenvalue weighted by Crippen LogP contribution is -2.50. The van der Waals surface area contributed by atoms with Crippen LogP contribution in [-0.2, 0) is 0 Å². The Balaban J connectivity index is 0.00000176. The summed E-state index contributed by atoms with van der Waals surface area (Å²) in [5, 5.41) is 10.7. The predicted octanol–water partition coefficient (Wildman–Crippen LogP) is 2.02. The number of halogens is 1. The highest BCUT2D eigenvalue weighted by molar-refractivity contribution is 5.94. The van der Waals surface area contributed by atoms with Crippen LogP contribution in [0.3, 0.4) is 0 Å². The van der Waals surface area contributed by atoms with Gasteiger partial charge >= 0.3 is 0 Å². The van der Waals surface area contributed by atoms with Crippen LogP contribution in [-0.4, -0.2) is 34.8 Å². The average Bonchev–Trinajstić information content (AvgIpc) is 3.00. The van der Waals surface area contributed by atoms with E-state index in [1.165, 1.54) is 0 Å². The molecule has 5 nitrogen and oxygen atoms in total. The third kappa shape index (κ3) is 3.67. The first-order valence-electron chi connectivity index (χ1n) is 7.36. The highest BCUT2D eigenvalue weighted by atomic mass is 35.5. The van der Waals surface area contributed by atoms with Crippen LogP contribution in [0.25, 0.3) is 5.69 Å². The lowest BCUT2D eigenvalue weighted by atomic mass is 9.94. The van der Waals surface area contributed by atoms with Crippen molar-refractivity contribution in [3.05, 3.63) is 48.3 Å². The average molecular weight is 321 g/mol. The van der Waals surface area contributed by atoms with Gasteiger partial charge in [0.15, 0.2) is 0 Å². The third-order valence-electron chi connectivity index (χ3n) is 4.01. The minimum Gasteiger partial charge on any atom is -0.348 e. The van der Waals surface area contributed by atoms with Crippen LogP contribution in [0.1, 0.15) is 23.7 Å². The van der Waals surface area contributed by atoms with Crippen LogP contribution in [0.2, 0.25) is 0 Å². The van der Waals surface area contributed by atoms with Crippen molar-refractivity contribution in [3.63, 3.8) is 0 Å². The van der Waals surface area contributed by atoms with Crippen LogP contribution in [0.15, 0.2) is 42.7 Å². The predicted molar refractivity (Wildman–Crippen MR) is 88.7 cm³/mol. The van der Waals surface area contributed by atoms with Gasteiger partial charge in [-0.05, 0) is 31.0 Å². The Bertz CT molecular complexity index is 614. The molecule has 6 heteroatoms. The van der Waals surface area contributed by atoms with Gasteiger partial charge in [0.1, 0.15) is 0 Å². The van der Waals surface area contributed by atoms with E-state index in [4.69, 9.17) is 0 Å². The first-order valence-corrected chi connectivity index (χ1v) is 7.36. The monoisotopic (exact) mass is 320 g/mol. The molecule has 0 aliphatic carbocycles. The molecule has 2 N–H and O–H groups in total. The number of hydrogen-bond acceptors (Lipinski definition) is 3. The summed E-state index contributed by atoms with van der Waals surface area (Å²) in [4.78, 5) is 12.3. The fourth-order valence-electron chi connectivity index (χ4n) is 2.60. The number of para-hydroxylation sites is 1. The van der Waals surface area contributed by atoms with Gasteiger partial charge in [-0.2, -0.15) is 5.10 Å². The summed E-state index contributed by atoms with van der Waals surface area (Å²) < 4.78 is 1.72. The maximum atomic E-state index is 12.3. The van der Waals surface area contributed by atoms with Crippen LogP contribution in [0.4, 0.5) is 0 Å². The van der Waals surface area contributed by atoms with Crippen LogP contribution >= 0.6 is 12.4 Å². The number of nitrogens with zero attached hydrogens (tertiary/aromatic N) is 2.